The molecule has 7 heteroatoms. The number of aromatic nitrogens is 1. The van der Waals surface area contributed by atoms with Gasteiger partial charge in [-0.1, -0.05) is 18.2 Å². The van der Waals surface area contributed by atoms with Crippen LogP contribution in [0.15, 0.2) is 30.5 Å². The number of para-hydroxylation sites is 1. The first-order chi connectivity index (χ1) is 11.1. The lowest BCUT2D eigenvalue weighted by atomic mass is 10.1. The van der Waals surface area contributed by atoms with Crippen LogP contribution in [0.1, 0.15) is 25.3 Å². The van der Waals surface area contributed by atoms with E-state index in [1.807, 2.05) is 30.5 Å². The summed E-state index contributed by atoms with van der Waals surface area (Å²) in [6.07, 6.45) is 3.55. The van der Waals surface area contributed by atoms with Gasteiger partial charge in [-0.05, 0) is 24.5 Å². The number of hydrogen-bond acceptors (Lipinski definition) is 4. The van der Waals surface area contributed by atoms with Crippen LogP contribution in [-0.2, 0) is 25.5 Å². The zero-order valence-electron chi connectivity index (χ0n) is 12.8. The molecule has 0 atom stereocenters. The number of aryl methyl sites for hydroxylation is 1. The maximum atomic E-state index is 11.6. The van der Waals surface area contributed by atoms with E-state index in [0.29, 0.717) is 6.42 Å². The molecule has 2 rings (SSSR count). The molecule has 7 nitrogen and oxygen atoms in total. The Balaban J connectivity index is 1.69. The smallest absolute Gasteiger partial charge is 0.306 e. The molecule has 0 fully saturated rings. The number of benzene rings is 1. The van der Waals surface area contributed by atoms with Gasteiger partial charge in [-0.15, -0.1) is 0 Å². The fourth-order valence-corrected chi connectivity index (χ4v) is 2.17. The topological polar surface area (TPSA) is 100 Å². The number of fused-ring (bicyclic) bond motifs is 1. The number of amides is 2. The van der Waals surface area contributed by atoms with Gasteiger partial charge in [0.15, 0.2) is 6.61 Å². The molecule has 23 heavy (non-hydrogen) atoms. The molecule has 2 aromatic rings. The normalized spacial score (nSPS) is 10.3. The van der Waals surface area contributed by atoms with Crippen molar-refractivity contribution in [2.45, 2.75) is 26.2 Å². The van der Waals surface area contributed by atoms with Gasteiger partial charge in [-0.25, -0.2) is 0 Å². The van der Waals surface area contributed by atoms with Gasteiger partial charge < -0.3 is 9.72 Å². The third-order valence-corrected chi connectivity index (χ3v) is 3.24. The minimum atomic E-state index is -0.579. The Morgan fingerprint density at radius 2 is 1.96 bits per heavy atom. The molecular formula is C16H19N3O4. The van der Waals surface area contributed by atoms with Crippen LogP contribution in [0.4, 0.5) is 0 Å². The van der Waals surface area contributed by atoms with Crippen molar-refractivity contribution in [2.75, 3.05) is 6.61 Å². The standard InChI is InChI=1S/C16H19N3O4/c1-11(20)18-19-15(21)10-23-16(22)8-4-5-12-9-17-14-7-3-2-6-13(12)14/h2-3,6-7,9,17H,4-5,8,10H2,1H3,(H,18,20)(H,19,21). The average Bonchev–Trinajstić information content (AvgIpc) is 2.94. The molecule has 3 N–H and O–H groups in total. The molecule has 0 aliphatic heterocycles. The van der Waals surface area contributed by atoms with Crippen molar-refractivity contribution in [2.24, 2.45) is 0 Å². The number of carbonyl (C=O) groups excluding carboxylic acids is 3. The molecule has 0 saturated heterocycles. The van der Waals surface area contributed by atoms with Crippen LogP contribution >= 0.6 is 0 Å². The van der Waals surface area contributed by atoms with Crippen LogP contribution in [0.5, 0.6) is 0 Å². The molecule has 1 aromatic heterocycles. The molecule has 1 heterocycles. The summed E-state index contributed by atoms with van der Waals surface area (Å²) in [5.41, 5.74) is 6.45. The largest absolute Gasteiger partial charge is 0.455 e. The van der Waals surface area contributed by atoms with Gasteiger partial charge in [-0.3, -0.25) is 25.2 Å². The first-order valence-corrected chi connectivity index (χ1v) is 7.32. The quantitative estimate of drug-likeness (QED) is 0.550. The van der Waals surface area contributed by atoms with Crippen LogP contribution in [0.25, 0.3) is 10.9 Å². The van der Waals surface area contributed by atoms with Crippen molar-refractivity contribution in [3.8, 4) is 0 Å². The fourth-order valence-electron chi connectivity index (χ4n) is 2.17. The Bertz CT molecular complexity index is 708. The molecule has 0 aliphatic carbocycles. The third-order valence-electron chi connectivity index (χ3n) is 3.24. The number of hydrazine groups is 1. The lowest BCUT2D eigenvalue weighted by molar-refractivity contribution is -0.149. The van der Waals surface area contributed by atoms with Gasteiger partial charge >= 0.3 is 5.97 Å². The molecule has 0 saturated carbocycles. The second-order valence-electron chi connectivity index (χ2n) is 5.10. The van der Waals surface area contributed by atoms with Crippen LogP contribution in [0.2, 0.25) is 0 Å². The van der Waals surface area contributed by atoms with E-state index in [0.717, 1.165) is 22.9 Å². The number of H-pyrrole nitrogens is 1. The van der Waals surface area contributed by atoms with Gasteiger partial charge in [0.05, 0.1) is 0 Å². The van der Waals surface area contributed by atoms with Gasteiger partial charge in [0, 0.05) is 30.4 Å². The Morgan fingerprint density at radius 1 is 1.17 bits per heavy atom. The van der Waals surface area contributed by atoms with Crippen molar-refractivity contribution >= 4 is 28.7 Å². The van der Waals surface area contributed by atoms with E-state index in [4.69, 9.17) is 4.74 Å². The van der Waals surface area contributed by atoms with Gasteiger partial charge in [0.1, 0.15) is 0 Å². The molecular weight excluding hydrogens is 298 g/mol. The zero-order valence-corrected chi connectivity index (χ0v) is 12.8. The molecule has 122 valence electrons. The van der Waals surface area contributed by atoms with Crippen molar-refractivity contribution in [1.82, 2.24) is 15.8 Å². The van der Waals surface area contributed by atoms with Crippen LogP contribution < -0.4 is 10.9 Å². The Morgan fingerprint density at radius 3 is 2.74 bits per heavy atom. The Kier molecular flexibility index (Phi) is 5.74. The molecule has 0 radical (unpaired) electrons. The number of esters is 1. The lowest BCUT2D eigenvalue weighted by Crippen LogP contribution is -2.42. The number of rotatable bonds is 6. The minimum absolute atomic E-state index is 0.229. The summed E-state index contributed by atoms with van der Waals surface area (Å²) in [5, 5.41) is 1.15. The van der Waals surface area contributed by atoms with Crippen LogP contribution in [-0.4, -0.2) is 29.4 Å². The molecule has 0 unspecified atom stereocenters. The highest BCUT2D eigenvalue weighted by Gasteiger charge is 2.09. The summed E-state index contributed by atoms with van der Waals surface area (Å²) in [5.74, 6) is -1.42. The molecule has 0 spiro atoms. The first kappa shape index (κ1) is 16.5. The highest BCUT2D eigenvalue weighted by Crippen LogP contribution is 2.19. The summed E-state index contributed by atoms with van der Waals surface area (Å²) in [6.45, 7) is 0.850. The number of ether oxygens (including phenoxy) is 1. The van der Waals surface area contributed by atoms with E-state index in [1.165, 1.54) is 6.92 Å². The summed E-state index contributed by atoms with van der Waals surface area (Å²) < 4.78 is 4.83. The molecule has 0 bridgehead atoms. The zero-order chi connectivity index (χ0) is 16.7. The van der Waals surface area contributed by atoms with Crippen molar-refractivity contribution in [3.63, 3.8) is 0 Å². The Hall–Kier alpha value is -2.83. The van der Waals surface area contributed by atoms with Crippen LogP contribution in [0, 0.1) is 0 Å². The van der Waals surface area contributed by atoms with Crippen LogP contribution in [0.3, 0.4) is 0 Å². The summed E-state index contributed by atoms with van der Waals surface area (Å²) in [7, 11) is 0. The first-order valence-electron chi connectivity index (χ1n) is 7.32. The minimum Gasteiger partial charge on any atom is -0.455 e. The highest BCUT2D eigenvalue weighted by atomic mass is 16.5. The van der Waals surface area contributed by atoms with Gasteiger partial charge in [-0.2, -0.15) is 0 Å². The fraction of sp³-hybridized carbons (Fsp3) is 0.312. The van der Waals surface area contributed by atoms with Crippen molar-refractivity contribution < 1.29 is 19.1 Å². The second kappa shape index (κ2) is 7.98. The van der Waals surface area contributed by atoms with E-state index in [9.17, 15) is 14.4 Å². The van der Waals surface area contributed by atoms with E-state index < -0.39 is 24.4 Å². The molecule has 1 aromatic carbocycles. The van der Waals surface area contributed by atoms with Gasteiger partial charge in [0.2, 0.25) is 5.91 Å². The SMILES string of the molecule is CC(=O)NNC(=O)COC(=O)CCCc1c[nH]c2ccccc12. The number of nitrogens with one attached hydrogen (secondary N) is 3. The molecule has 0 aliphatic rings. The highest BCUT2D eigenvalue weighted by molar-refractivity contribution is 5.84. The molecule has 2 amide bonds. The predicted octanol–water partition coefficient (Wildman–Crippen LogP) is 1.20. The monoisotopic (exact) mass is 317 g/mol. The summed E-state index contributed by atoms with van der Waals surface area (Å²) >= 11 is 0. The second-order valence-corrected chi connectivity index (χ2v) is 5.10. The number of carbonyl (C=O) groups is 3. The van der Waals surface area contributed by atoms with E-state index in [-0.39, 0.29) is 6.42 Å². The summed E-state index contributed by atoms with van der Waals surface area (Å²) in [6, 6.07) is 7.97. The maximum Gasteiger partial charge on any atom is 0.306 e. The summed E-state index contributed by atoms with van der Waals surface area (Å²) in [4.78, 5) is 36.6. The average molecular weight is 317 g/mol. The number of hydrogen-bond donors (Lipinski definition) is 3. The number of aromatic amines is 1. The van der Waals surface area contributed by atoms with Gasteiger partial charge in [0.25, 0.3) is 5.91 Å². The maximum absolute atomic E-state index is 11.6. The van der Waals surface area contributed by atoms with Crippen molar-refractivity contribution in [1.29, 1.82) is 0 Å². The van der Waals surface area contributed by atoms with E-state index in [2.05, 4.69) is 15.8 Å². The van der Waals surface area contributed by atoms with E-state index >= 15 is 0 Å². The Labute approximate surface area is 133 Å². The third kappa shape index (κ3) is 5.14. The lowest BCUT2D eigenvalue weighted by Gasteiger charge is -2.06. The predicted molar refractivity (Wildman–Crippen MR) is 84.2 cm³/mol. The van der Waals surface area contributed by atoms with Crippen molar-refractivity contribution in [3.05, 3.63) is 36.0 Å². The van der Waals surface area contributed by atoms with E-state index in [1.54, 1.807) is 0 Å².